The largest absolute Gasteiger partial charge is 0.493 e. The second-order valence-corrected chi connectivity index (χ2v) is 11.1. The van der Waals surface area contributed by atoms with Crippen LogP contribution in [0.25, 0.3) is 0 Å². The third-order valence-electron chi connectivity index (χ3n) is 5.70. The molecule has 0 aliphatic carbocycles. The predicted octanol–water partition coefficient (Wildman–Crippen LogP) is 3.41. The van der Waals surface area contributed by atoms with Crippen molar-refractivity contribution in [2.75, 3.05) is 31.5 Å². The molecule has 0 saturated carbocycles. The first-order chi connectivity index (χ1) is 15.0. The lowest BCUT2D eigenvalue weighted by Crippen LogP contribution is -2.38. The van der Waals surface area contributed by atoms with E-state index in [1.807, 2.05) is 24.3 Å². The number of ether oxygens (including phenoxy) is 2. The third kappa shape index (κ3) is 5.18. The molecule has 4 rings (SSSR count). The Morgan fingerprint density at radius 2 is 1.81 bits per heavy atom. The molecular weight excluding hydrogens is 432 g/mol. The molecule has 1 saturated heterocycles. The fourth-order valence-corrected chi connectivity index (χ4v) is 7.08. The molecule has 0 aromatic heterocycles. The summed E-state index contributed by atoms with van der Waals surface area (Å²) in [6, 6.07) is 16.0. The highest BCUT2D eigenvalue weighted by atomic mass is 32.2. The first-order valence-corrected chi connectivity index (χ1v) is 13.2. The normalized spacial score (nSPS) is 21.6. The van der Waals surface area contributed by atoms with Crippen LogP contribution in [0.15, 0.2) is 53.5 Å². The highest BCUT2D eigenvalue weighted by Gasteiger charge is 2.46. The fourth-order valence-electron chi connectivity index (χ4n) is 4.15. The fraction of sp³-hybridized carbons (Fsp3) is 0.435. The number of hydrogen-bond donors (Lipinski definition) is 0. The average Bonchev–Trinajstić information content (AvgIpc) is 3.23. The van der Waals surface area contributed by atoms with Crippen LogP contribution >= 0.6 is 11.8 Å². The van der Waals surface area contributed by atoms with Crippen molar-refractivity contribution in [1.29, 1.82) is 0 Å². The second-order valence-electron chi connectivity index (χ2n) is 7.88. The van der Waals surface area contributed by atoms with E-state index >= 15 is 0 Å². The number of thioether (sulfide) groups is 1. The zero-order valence-corrected chi connectivity index (χ0v) is 19.5. The standard InChI is InChI=1S/C23H28N2O4S2/c1-28-21-11-10-18(13-22(21)29-2)14-25-20-16-31(26,27)15-19(20)24-23(25)30-12-6-9-17-7-4-3-5-8-17/h3-5,7-8,10-11,13,19-20H,6,9,12,14-16H2,1-2H3/t19-,20+/m0/s1. The van der Waals surface area contributed by atoms with Gasteiger partial charge in [0.2, 0.25) is 0 Å². The summed E-state index contributed by atoms with van der Waals surface area (Å²) in [5.41, 5.74) is 2.38. The maximum atomic E-state index is 12.2. The topological polar surface area (TPSA) is 68.2 Å². The number of rotatable bonds is 8. The van der Waals surface area contributed by atoms with Gasteiger partial charge >= 0.3 is 0 Å². The summed E-state index contributed by atoms with van der Waals surface area (Å²) in [7, 11) is 0.190. The van der Waals surface area contributed by atoms with Crippen LogP contribution in [0.2, 0.25) is 0 Å². The van der Waals surface area contributed by atoms with E-state index < -0.39 is 9.84 Å². The maximum Gasteiger partial charge on any atom is 0.161 e. The number of hydrogen-bond acceptors (Lipinski definition) is 7. The lowest BCUT2D eigenvalue weighted by molar-refractivity contribution is 0.337. The first-order valence-electron chi connectivity index (χ1n) is 10.4. The van der Waals surface area contributed by atoms with Crippen molar-refractivity contribution < 1.29 is 17.9 Å². The predicted molar refractivity (Wildman–Crippen MR) is 126 cm³/mol. The maximum absolute atomic E-state index is 12.2. The van der Waals surface area contributed by atoms with Gasteiger partial charge < -0.3 is 14.4 Å². The first kappa shape index (κ1) is 22.0. The molecule has 0 spiro atoms. The van der Waals surface area contributed by atoms with Crippen LogP contribution in [0.3, 0.4) is 0 Å². The number of aliphatic imine (C=N–C) groups is 1. The molecule has 166 valence electrons. The molecule has 0 unspecified atom stereocenters. The van der Waals surface area contributed by atoms with Crippen molar-refractivity contribution in [1.82, 2.24) is 4.90 Å². The van der Waals surface area contributed by atoms with Gasteiger partial charge in [0.25, 0.3) is 0 Å². The third-order valence-corrected chi connectivity index (χ3v) is 8.49. The van der Waals surface area contributed by atoms with E-state index in [2.05, 4.69) is 29.2 Å². The molecule has 0 bridgehead atoms. The van der Waals surface area contributed by atoms with E-state index in [0.29, 0.717) is 18.0 Å². The van der Waals surface area contributed by atoms with E-state index in [1.165, 1.54) is 5.56 Å². The van der Waals surface area contributed by atoms with Gasteiger partial charge in [-0.25, -0.2) is 8.42 Å². The van der Waals surface area contributed by atoms with Crippen LogP contribution in [0.4, 0.5) is 0 Å². The molecule has 2 atom stereocenters. The zero-order valence-electron chi connectivity index (χ0n) is 17.9. The van der Waals surface area contributed by atoms with Crippen molar-refractivity contribution in [3.05, 3.63) is 59.7 Å². The van der Waals surface area contributed by atoms with Crippen LogP contribution in [0.1, 0.15) is 17.5 Å². The quantitative estimate of drug-likeness (QED) is 0.563. The summed E-state index contributed by atoms with van der Waals surface area (Å²) in [5.74, 6) is 2.61. The molecule has 0 amide bonds. The van der Waals surface area contributed by atoms with Crippen molar-refractivity contribution in [2.24, 2.45) is 4.99 Å². The molecular formula is C23H28N2O4S2. The number of nitrogens with zero attached hydrogens (tertiary/aromatic N) is 2. The number of sulfone groups is 1. The van der Waals surface area contributed by atoms with Gasteiger partial charge in [-0.1, -0.05) is 48.2 Å². The van der Waals surface area contributed by atoms with Gasteiger partial charge in [-0.3, -0.25) is 4.99 Å². The second kappa shape index (κ2) is 9.53. The Bertz CT molecular complexity index is 1040. The summed E-state index contributed by atoms with van der Waals surface area (Å²) in [5, 5.41) is 0.952. The molecule has 2 aliphatic rings. The van der Waals surface area contributed by atoms with Crippen LogP contribution in [-0.2, 0) is 22.8 Å². The van der Waals surface area contributed by atoms with Gasteiger partial charge in [-0.05, 0) is 36.1 Å². The summed E-state index contributed by atoms with van der Waals surface area (Å²) >= 11 is 1.73. The van der Waals surface area contributed by atoms with Gasteiger partial charge in [-0.15, -0.1) is 0 Å². The van der Waals surface area contributed by atoms with E-state index in [4.69, 9.17) is 14.5 Å². The number of methoxy groups -OCH3 is 2. The summed E-state index contributed by atoms with van der Waals surface area (Å²) in [6.45, 7) is 0.599. The van der Waals surface area contributed by atoms with Crippen LogP contribution < -0.4 is 9.47 Å². The van der Waals surface area contributed by atoms with E-state index in [9.17, 15) is 8.42 Å². The number of fused-ring (bicyclic) bond motifs is 1. The van der Waals surface area contributed by atoms with E-state index in [0.717, 1.165) is 29.3 Å². The Kier molecular flexibility index (Phi) is 6.77. The summed E-state index contributed by atoms with van der Waals surface area (Å²) in [6.07, 6.45) is 2.07. The van der Waals surface area contributed by atoms with Crippen molar-refractivity contribution in [3.8, 4) is 11.5 Å². The van der Waals surface area contributed by atoms with Crippen LogP contribution in [-0.4, -0.2) is 62.0 Å². The van der Waals surface area contributed by atoms with Crippen LogP contribution in [0.5, 0.6) is 11.5 Å². The van der Waals surface area contributed by atoms with Crippen LogP contribution in [0, 0.1) is 0 Å². The van der Waals surface area contributed by atoms with Gasteiger partial charge in [0.1, 0.15) is 0 Å². The number of amidine groups is 1. The smallest absolute Gasteiger partial charge is 0.161 e. The molecule has 2 aromatic rings. The minimum absolute atomic E-state index is 0.0882. The Morgan fingerprint density at radius 1 is 1.03 bits per heavy atom. The molecule has 1 fully saturated rings. The summed E-state index contributed by atoms with van der Waals surface area (Å²) in [4.78, 5) is 6.98. The molecule has 6 nitrogen and oxygen atoms in total. The Labute approximate surface area is 188 Å². The zero-order chi connectivity index (χ0) is 21.8. The summed E-state index contributed by atoms with van der Waals surface area (Å²) < 4.78 is 35.2. The minimum atomic E-state index is -3.04. The highest BCUT2D eigenvalue weighted by Crippen LogP contribution is 2.34. The van der Waals surface area contributed by atoms with Crippen molar-refractivity contribution in [2.45, 2.75) is 31.5 Å². The lowest BCUT2D eigenvalue weighted by Gasteiger charge is -2.26. The Hall–Kier alpha value is -2.19. The van der Waals surface area contributed by atoms with Gasteiger partial charge in [0.15, 0.2) is 26.5 Å². The monoisotopic (exact) mass is 460 g/mol. The van der Waals surface area contributed by atoms with E-state index in [-0.39, 0.29) is 23.6 Å². The number of benzene rings is 2. The van der Waals surface area contributed by atoms with Crippen molar-refractivity contribution >= 4 is 26.8 Å². The molecule has 2 aromatic carbocycles. The molecule has 31 heavy (non-hydrogen) atoms. The van der Waals surface area contributed by atoms with Crippen molar-refractivity contribution in [3.63, 3.8) is 0 Å². The van der Waals surface area contributed by atoms with Gasteiger partial charge in [0, 0.05) is 12.3 Å². The number of aryl methyl sites for hydroxylation is 1. The minimum Gasteiger partial charge on any atom is -0.493 e. The SMILES string of the molecule is COc1ccc(CN2C(SCCCc3ccccc3)=N[C@H]3CS(=O)(=O)C[C@H]32)cc1OC. The molecule has 8 heteroatoms. The highest BCUT2D eigenvalue weighted by molar-refractivity contribution is 8.13. The molecule has 2 aliphatic heterocycles. The lowest BCUT2D eigenvalue weighted by atomic mass is 10.1. The molecule has 2 heterocycles. The Morgan fingerprint density at radius 3 is 2.55 bits per heavy atom. The Balaban J connectivity index is 1.45. The van der Waals surface area contributed by atoms with Gasteiger partial charge in [0.05, 0.1) is 37.8 Å². The molecule has 0 N–H and O–H groups in total. The molecule has 0 radical (unpaired) electrons. The van der Waals surface area contributed by atoms with E-state index in [1.54, 1.807) is 26.0 Å². The average molecular weight is 461 g/mol. The van der Waals surface area contributed by atoms with Gasteiger partial charge in [-0.2, -0.15) is 0 Å².